The molecule has 3 nitrogen and oxygen atoms in total. The standard InChI is InChI=1S/C5H5Cl2NO2S/c6-5(11(7,9)10)2-1-3-8-4-5/h1-3H,4H2. The Morgan fingerprint density at radius 3 is 2.45 bits per heavy atom. The second-order valence-corrected chi connectivity index (χ2v) is 5.79. The third kappa shape index (κ3) is 1.75. The predicted molar refractivity (Wildman–Crippen MR) is 45.9 cm³/mol. The van der Waals surface area contributed by atoms with Gasteiger partial charge in [0.1, 0.15) is 0 Å². The van der Waals surface area contributed by atoms with Gasteiger partial charge in [0.25, 0.3) is 9.05 Å². The number of hydrogen-bond donors (Lipinski definition) is 0. The molecule has 1 unspecified atom stereocenters. The van der Waals surface area contributed by atoms with Crippen LogP contribution in [0.15, 0.2) is 17.1 Å². The molecule has 11 heavy (non-hydrogen) atoms. The zero-order valence-electron chi connectivity index (χ0n) is 5.37. The van der Waals surface area contributed by atoms with Crippen LogP contribution >= 0.6 is 22.3 Å². The zero-order valence-corrected chi connectivity index (χ0v) is 7.70. The molecule has 1 aliphatic rings. The van der Waals surface area contributed by atoms with E-state index in [0.29, 0.717) is 0 Å². The molecule has 0 radical (unpaired) electrons. The van der Waals surface area contributed by atoms with Crippen LogP contribution in [-0.4, -0.2) is 25.4 Å². The summed E-state index contributed by atoms with van der Waals surface area (Å²) in [6.45, 7) is -0.0309. The van der Waals surface area contributed by atoms with E-state index in [0.717, 1.165) is 0 Å². The Balaban J connectivity index is 3.04. The summed E-state index contributed by atoms with van der Waals surface area (Å²) < 4.78 is 20.1. The molecule has 0 N–H and O–H groups in total. The lowest BCUT2D eigenvalue weighted by atomic mass is 10.3. The van der Waals surface area contributed by atoms with Crippen LogP contribution in [0.2, 0.25) is 0 Å². The second kappa shape index (κ2) is 2.77. The fourth-order valence-electron chi connectivity index (χ4n) is 0.636. The SMILES string of the molecule is O=S(=O)(Cl)C1(Cl)C=CC=NC1. The molecule has 0 fully saturated rings. The lowest BCUT2D eigenvalue weighted by Crippen LogP contribution is -2.31. The Bertz CT molecular complexity index is 308. The molecule has 0 aliphatic carbocycles. The first-order valence-corrected chi connectivity index (χ1v) is 5.45. The van der Waals surface area contributed by atoms with Gasteiger partial charge in [-0.25, -0.2) is 8.42 Å². The molecule has 62 valence electrons. The van der Waals surface area contributed by atoms with Crippen LogP contribution in [0.25, 0.3) is 0 Å². The predicted octanol–water partition coefficient (Wildman–Crippen LogP) is 1.13. The minimum atomic E-state index is -3.79. The summed E-state index contributed by atoms with van der Waals surface area (Å²) in [4.78, 5) is 3.69. The van der Waals surface area contributed by atoms with E-state index < -0.39 is 13.3 Å². The molecule has 1 aliphatic heterocycles. The van der Waals surface area contributed by atoms with Crippen molar-refractivity contribution in [3.63, 3.8) is 0 Å². The van der Waals surface area contributed by atoms with Crippen molar-refractivity contribution in [2.24, 2.45) is 4.99 Å². The van der Waals surface area contributed by atoms with Crippen LogP contribution in [0.4, 0.5) is 0 Å². The molecule has 0 bridgehead atoms. The average molecular weight is 214 g/mol. The summed E-state index contributed by atoms with van der Waals surface area (Å²) >= 11 is 5.63. The van der Waals surface area contributed by atoms with Crippen molar-refractivity contribution in [2.75, 3.05) is 6.54 Å². The maximum Gasteiger partial charge on any atom is 0.257 e. The maximum atomic E-state index is 10.8. The smallest absolute Gasteiger partial charge is 0.257 e. The van der Waals surface area contributed by atoms with Crippen LogP contribution in [0, 0.1) is 0 Å². The zero-order chi connectivity index (χ0) is 8.54. The number of alkyl halides is 1. The molecule has 0 aromatic rings. The number of hydrogen-bond acceptors (Lipinski definition) is 3. The Kier molecular flexibility index (Phi) is 2.27. The summed E-state index contributed by atoms with van der Waals surface area (Å²) in [6, 6.07) is 0. The molecular formula is C5H5Cl2NO2S. The normalized spacial score (nSPS) is 30.7. The van der Waals surface area contributed by atoms with E-state index in [1.807, 2.05) is 0 Å². The lowest BCUT2D eigenvalue weighted by molar-refractivity contribution is 0.597. The molecule has 0 amide bonds. The minimum absolute atomic E-state index is 0.0309. The summed E-state index contributed by atoms with van der Waals surface area (Å²) in [6.07, 6.45) is 4.24. The Labute approximate surface area is 74.1 Å². The largest absolute Gasteiger partial charge is 0.290 e. The average Bonchev–Trinajstić information content (AvgIpc) is 1.87. The van der Waals surface area contributed by atoms with E-state index in [4.69, 9.17) is 22.3 Å². The van der Waals surface area contributed by atoms with Gasteiger partial charge in [-0.2, -0.15) is 0 Å². The van der Waals surface area contributed by atoms with Crippen molar-refractivity contribution in [2.45, 2.75) is 4.21 Å². The highest BCUT2D eigenvalue weighted by molar-refractivity contribution is 8.15. The van der Waals surface area contributed by atoms with Gasteiger partial charge < -0.3 is 0 Å². The van der Waals surface area contributed by atoms with Crippen LogP contribution < -0.4 is 0 Å². The van der Waals surface area contributed by atoms with Crippen LogP contribution in [0.5, 0.6) is 0 Å². The van der Waals surface area contributed by atoms with Crippen molar-refractivity contribution in [3.8, 4) is 0 Å². The van der Waals surface area contributed by atoms with Crippen LogP contribution in [0.1, 0.15) is 0 Å². The van der Waals surface area contributed by atoms with Gasteiger partial charge in [0.15, 0.2) is 4.21 Å². The quantitative estimate of drug-likeness (QED) is 0.485. The molecule has 0 aromatic carbocycles. The highest BCUT2D eigenvalue weighted by Crippen LogP contribution is 2.29. The van der Waals surface area contributed by atoms with E-state index in [9.17, 15) is 8.42 Å². The highest BCUT2D eigenvalue weighted by Gasteiger charge is 2.38. The van der Waals surface area contributed by atoms with Crippen molar-refractivity contribution >= 4 is 37.5 Å². The van der Waals surface area contributed by atoms with Crippen molar-refractivity contribution in [1.29, 1.82) is 0 Å². The van der Waals surface area contributed by atoms with Gasteiger partial charge in [-0.05, 0) is 12.2 Å². The number of allylic oxidation sites excluding steroid dienone is 1. The fourth-order valence-corrected chi connectivity index (χ4v) is 1.55. The fraction of sp³-hybridized carbons (Fsp3) is 0.400. The van der Waals surface area contributed by atoms with Gasteiger partial charge in [-0.15, -0.1) is 0 Å². The summed E-state index contributed by atoms with van der Waals surface area (Å²) in [5, 5.41) is 0. The Hall–Kier alpha value is -0.0600. The molecule has 6 heteroatoms. The number of dihydropyridines is 1. The maximum absolute atomic E-state index is 10.8. The molecular weight excluding hydrogens is 209 g/mol. The molecule has 0 saturated heterocycles. The Morgan fingerprint density at radius 2 is 2.18 bits per heavy atom. The van der Waals surface area contributed by atoms with Crippen molar-refractivity contribution in [1.82, 2.24) is 0 Å². The van der Waals surface area contributed by atoms with Gasteiger partial charge in [0.2, 0.25) is 0 Å². The number of nitrogens with zero attached hydrogens (tertiary/aromatic N) is 1. The lowest BCUT2D eigenvalue weighted by Gasteiger charge is -2.18. The first-order valence-electron chi connectivity index (χ1n) is 2.76. The number of rotatable bonds is 1. The highest BCUT2D eigenvalue weighted by atomic mass is 35.7. The van der Waals surface area contributed by atoms with Gasteiger partial charge in [-0.3, -0.25) is 4.99 Å². The van der Waals surface area contributed by atoms with Crippen molar-refractivity contribution < 1.29 is 8.42 Å². The van der Waals surface area contributed by atoms with E-state index in [-0.39, 0.29) is 6.54 Å². The van der Waals surface area contributed by atoms with Gasteiger partial charge in [-0.1, -0.05) is 11.6 Å². The first kappa shape index (κ1) is 9.03. The van der Waals surface area contributed by atoms with Crippen molar-refractivity contribution in [3.05, 3.63) is 12.2 Å². The second-order valence-electron chi connectivity index (χ2n) is 2.07. The molecule has 0 spiro atoms. The van der Waals surface area contributed by atoms with E-state index in [2.05, 4.69) is 4.99 Å². The van der Waals surface area contributed by atoms with Crippen LogP contribution in [0.3, 0.4) is 0 Å². The molecule has 1 heterocycles. The topological polar surface area (TPSA) is 46.5 Å². The minimum Gasteiger partial charge on any atom is -0.290 e. The molecule has 1 atom stereocenters. The van der Waals surface area contributed by atoms with E-state index >= 15 is 0 Å². The number of aliphatic imine (C=N–C) groups is 1. The van der Waals surface area contributed by atoms with Gasteiger partial charge >= 0.3 is 0 Å². The third-order valence-electron chi connectivity index (χ3n) is 1.25. The monoisotopic (exact) mass is 213 g/mol. The van der Waals surface area contributed by atoms with Crippen LogP contribution in [-0.2, 0) is 9.05 Å². The molecule has 1 rings (SSSR count). The van der Waals surface area contributed by atoms with E-state index in [1.54, 1.807) is 0 Å². The summed E-state index contributed by atoms with van der Waals surface area (Å²) in [7, 11) is 1.28. The van der Waals surface area contributed by atoms with Gasteiger partial charge in [0, 0.05) is 16.9 Å². The van der Waals surface area contributed by atoms with Gasteiger partial charge in [0.05, 0.1) is 6.54 Å². The summed E-state index contributed by atoms with van der Waals surface area (Å²) in [5.74, 6) is 0. The van der Waals surface area contributed by atoms with E-state index in [1.165, 1.54) is 18.4 Å². The number of halogens is 2. The molecule has 0 saturated carbocycles. The Morgan fingerprint density at radius 1 is 1.55 bits per heavy atom. The third-order valence-corrected chi connectivity index (χ3v) is 4.24. The summed E-state index contributed by atoms with van der Waals surface area (Å²) in [5.41, 5.74) is 0. The molecule has 0 aromatic heterocycles. The first-order chi connectivity index (χ1) is 4.96.